The summed E-state index contributed by atoms with van der Waals surface area (Å²) in [6.45, 7) is 9.36. The Morgan fingerprint density at radius 2 is 1.48 bits per heavy atom. The van der Waals surface area contributed by atoms with Crippen molar-refractivity contribution in [2.24, 2.45) is 0 Å². The number of hydrogen-bond acceptors (Lipinski definition) is 6. The van der Waals surface area contributed by atoms with Crippen LogP contribution >= 0.6 is 11.6 Å². The monoisotopic (exact) mass is 746 g/mol. The minimum Gasteiger partial charge on any atom is -0.504 e. The molecular formula is C39H37ClF6N2O4. The number of aryl methyl sites for hydroxylation is 2. The Bertz CT molecular complexity index is 1900. The van der Waals surface area contributed by atoms with Crippen LogP contribution in [0.1, 0.15) is 46.4 Å². The molecule has 13 heteroatoms. The maximum absolute atomic E-state index is 14.3. The van der Waals surface area contributed by atoms with Gasteiger partial charge in [-0.15, -0.1) is 0 Å². The van der Waals surface area contributed by atoms with Crippen LogP contribution in [0.5, 0.6) is 5.75 Å². The molecule has 0 saturated carbocycles. The second-order valence-electron chi connectivity index (χ2n) is 11.2. The number of ether oxygens (including phenoxy) is 2. The zero-order chi connectivity index (χ0) is 39.1. The van der Waals surface area contributed by atoms with E-state index >= 15 is 0 Å². The lowest BCUT2D eigenvalue weighted by molar-refractivity contribution is -0.115. The summed E-state index contributed by atoms with van der Waals surface area (Å²) in [5.74, 6) is -6.12. The van der Waals surface area contributed by atoms with Crippen LogP contribution in [-0.4, -0.2) is 26.3 Å². The van der Waals surface area contributed by atoms with E-state index in [0.717, 1.165) is 16.7 Å². The number of halogens is 7. The molecule has 0 aliphatic carbocycles. The first-order valence-corrected chi connectivity index (χ1v) is 15.6. The smallest absolute Gasteiger partial charge is 0.159 e. The van der Waals surface area contributed by atoms with Gasteiger partial charge >= 0.3 is 0 Å². The van der Waals surface area contributed by atoms with Crippen LogP contribution in [0.4, 0.5) is 37.7 Å². The van der Waals surface area contributed by atoms with E-state index in [-0.39, 0.29) is 24.1 Å². The number of nitrogens with two attached hydrogens (primary N) is 1. The summed E-state index contributed by atoms with van der Waals surface area (Å²) < 4.78 is 88.6. The minimum atomic E-state index is -1.18. The lowest BCUT2D eigenvalue weighted by Crippen LogP contribution is -2.31. The molecule has 4 aromatic carbocycles. The number of nitrogen functional groups attached to an aromatic ring is 1. The van der Waals surface area contributed by atoms with Crippen molar-refractivity contribution in [2.45, 2.75) is 33.2 Å². The maximum atomic E-state index is 14.3. The van der Waals surface area contributed by atoms with E-state index in [0.29, 0.717) is 46.4 Å². The zero-order valence-electron chi connectivity index (χ0n) is 29.0. The molecule has 1 unspecified atom stereocenters. The number of ketones is 1. The number of aldehydes is 1. The molecule has 2 N–H and O–H groups in total. The number of hydrogen-bond donors (Lipinski definition) is 1. The van der Waals surface area contributed by atoms with Gasteiger partial charge in [0, 0.05) is 54.2 Å². The first-order valence-electron chi connectivity index (χ1n) is 15.3. The average molecular weight is 747 g/mol. The topological polar surface area (TPSA) is 81.9 Å². The molecule has 0 saturated heterocycles. The standard InChI is InChI=1S/C19H16F3NO2.C7H8ClN.C7H3F3O.C6H10O/c1-11-3-4-14(25-2)10-17(11)23-6-5-13(24)9-18(23)19-15(21)7-12(20)8-16(19)22;1-5-2-3-6(8)7(9)4-5;8-4-1-6(9)5(3-11)7(10)2-4;1-6(2)4-5-7-3/h3-8,10,18H,9H2,1-2H3;2-4H,9H2,1H3;1-3H;4-5H,1H2,2-3H3/b;;;5-4+. The molecular weight excluding hydrogens is 710 g/mol. The van der Waals surface area contributed by atoms with Crippen molar-refractivity contribution in [1.82, 2.24) is 0 Å². The molecule has 0 fully saturated rings. The highest BCUT2D eigenvalue weighted by Gasteiger charge is 2.31. The van der Waals surface area contributed by atoms with E-state index < -0.39 is 46.5 Å². The molecule has 5 rings (SSSR count). The molecule has 6 nitrogen and oxygen atoms in total. The van der Waals surface area contributed by atoms with Gasteiger partial charge in [-0.25, -0.2) is 26.3 Å². The van der Waals surface area contributed by atoms with Crippen molar-refractivity contribution in [3.8, 4) is 5.75 Å². The van der Waals surface area contributed by atoms with Crippen LogP contribution in [-0.2, 0) is 9.53 Å². The highest BCUT2D eigenvalue weighted by atomic mass is 35.5. The highest BCUT2D eigenvalue weighted by Crippen LogP contribution is 2.38. The van der Waals surface area contributed by atoms with E-state index in [9.17, 15) is 35.9 Å². The van der Waals surface area contributed by atoms with E-state index in [1.54, 1.807) is 42.5 Å². The second kappa shape index (κ2) is 20.4. The van der Waals surface area contributed by atoms with Crippen molar-refractivity contribution < 1.29 is 45.4 Å². The lowest BCUT2D eigenvalue weighted by Gasteiger charge is -2.34. The van der Waals surface area contributed by atoms with Crippen LogP contribution in [0.2, 0.25) is 5.02 Å². The molecule has 0 amide bonds. The Kier molecular flexibility index (Phi) is 16.7. The largest absolute Gasteiger partial charge is 0.504 e. The van der Waals surface area contributed by atoms with Crippen LogP contribution < -0.4 is 15.4 Å². The van der Waals surface area contributed by atoms with Gasteiger partial charge in [-0.2, -0.15) is 0 Å². The van der Waals surface area contributed by atoms with E-state index in [4.69, 9.17) is 22.1 Å². The van der Waals surface area contributed by atoms with Gasteiger partial charge in [0.1, 0.15) is 40.7 Å². The fourth-order valence-electron chi connectivity index (χ4n) is 4.49. The SMILES string of the molecule is C=C(C)/C=C/OC.COc1ccc(C)c(N2C=CC(=O)CC2c2c(F)cc(F)cc2F)c1.Cc1ccc(Cl)c(N)c1.O=Cc1c(F)cc(F)cc1F. The molecule has 1 heterocycles. The van der Waals surface area contributed by atoms with Crippen molar-refractivity contribution >= 4 is 35.0 Å². The van der Waals surface area contributed by atoms with Crippen LogP contribution in [0, 0.1) is 48.8 Å². The van der Waals surface area contributed by atoms with Gasteiger partial charge in [0.2, 0.25) is 0 Å². The van der Waals surface area contributed by atoms with Crippen LogP contribution in [0.25, 0.3) is 0 Å². The van der Waals surface area contributed by atoms with Crippen molar-refractivity contribution in [3.05, 3.63) is 160 Å². The van der Waals surface area contributed by atoms with Gasteiger partial charge < -0.3 is 20.1 Å². The molecule has 0 spiro atoms. The number of rotatable bonds is 6. The Morgan fingerprint density at radius 1 is 0.904 bits per heavy atom. The summed E-state index contributed by atoms with van der Waals surface area (Å²) in [7, 11) is 3.13. The number of carbonyl (C=O) groups is 2. The third-order valence-electron chi connectivity index (χ3n) is 7.02. The second-order valence-corrected chi connectivity index (χ2v) is 11.6. The molecule has 1 aliphatic rings. The predicted octanol–water partition coefficient (Wildman–Crippen LogP) is 10.3. The first kappa shape index (κ1) is 42.7. The highest BCUT2D eigenvalue weighted by molar-refractivity contribution is 6.33. The summed E-state index contributed by atoms with van der Waals surface area (Å²) in [6, 6.07) is 12.1. The molecule has 276 valence electrons. The van der Waals surface area contributed by atoms with Crippen LogP contribution in [0.15, 0.2) is 97.4 Å². The summed E-state index contributed by atoms with van der Waals surface area (Å²) in [4.78, 5) is 23.4. The number of methoxy groups -OCH3 is 2. The Labute approximate surface area is 303 Å². The van der Waals surface area contributed by atoms with Gasteiger partial charge in [0.15, 0.2) is 12.1 Å². The van der Waals surface area contributed by atoms with Crippen molar-refractivity contribution in [1.29, 1.82) is 0 Å². The molecule has 0 bridgehead atoms. The number of allylic oxidation sites excluding steroid dienone is 3. The third-order valence-corrected chi connectivity index (χ3v) is 7.37. The molecule has 1 aliphatic heterocycles. The fourth-order valence-corrected chi connectivity index (χ4v) is 4.61. The minimum absolute atomic E-state index is 0.00407. The van der Waals surface area contributed by atoms with E-state index in [1.165, 1.54) is 19.4 Å². The van der Waals surface area contributed by atoms with Gasteiger partial charge in [0.25, 0.3) is 0 Å². The van der Waals surface area contributed by atoms with Crippen LogP contribution in [0.3, 0.4) is 0 Å². The maximum Gasteiger partial charge on any atom is 0.159 e. The van der Waals surface area contributed by atoms with Gasteiger partial charge in [0.05, 0.1) is 42.8 Å². The summed E-state index contributed by atoms with van der Waals surface area (Å²) in [5.41, 5.74) is 8.69. The van der Waals surface area contributed by atoms with Gasteiger partial charge in [-0.1, -0.05) is 35.9 Å². The molecule has 0 aromatic heterocycles. The number of anilines is 2. The zero-order valence-corrected chi connectivity index (χ0v) is 29.7. The Hall–Kier alpha value is -5.49. The van der Waals surface area contributed by atoms with E-state index in [2.05, 4.69) is 11.3 Å². The quantitative estimate of drug-likeness (QED) is 0.0696. The molecule has 52 heavy (non-hydrogen) atoms. The molecule has 0 radical (unpaired) electrons. The number of benzene rings is 4. The normalized spacial score (nSPS) is 13.2. The summed E-state index contributed by atoms with van der Waals surface area (Å²) in [5, 5.41) is 0.626. The lowest BCUT2D eigenvalue weighted by atomic mass is 9.95. The number of nitrogens with zero attached hydrogens (tertiary/aromatic N) is 1. The fraction of sp³-hybridized carbons (Fsp3) is 0.179. The Morgan fingerprint density at radius 3 is 1.94 bits per heavy atom. The Balaban J connectivity index is 0.000000285. The molecule has 1 atom stereocenters. The van der Waals surface area contributed by atoms with Gasteiger partial charge in [-0.05, 0) is 62.2 Å². The van der Waals surface area contributed by atoms with Crippen molar-refractivity contribution in [2.75, 3.05) is 24.9 Å². The number of carbonyl (C=O) groups excluding carboxylic acids is 2. The predicted molar refractivity (Wildman–Crippen MR) is 191 cm³/mol. The first-order chi connectivity index (χ1) is 24.5. The summed E-state index contributed by atoms with van der Waals surface area (Å²) in [6.07, 6.45) is 6.13. The van der Waals surface area contributed by atoms with E-state index in [1.807, 2.05) is 39.0 Å². The third kappa shape index (κ3) is 12.7. The summed E-state index contributed by atoms with van der Waals surface area (Å²) >= 11 is 5.66. The average Bonchev–Trinajstić information content (AvgIpc) is 3.06. The van der Waals surface area contributed by atoms with Gasteiger partial charge in [-0.3, -0.25) is 9.59 Å². The molecule has 4 aromatic rings. The van der Waals surface area contributed by atoms with Crippen molar-refractivity contribution in [3.63, 3.8) is 0 Å².